The van der Waals surface area contributed by atoms with Crippen LogP contribution in [0.4, 0.5) is 0 Å². The number of allylic oxidation sites excluding steroid dienone is 1. The van der Waals surface area contributed by atoms with E-state index in [0.717, 1.165) is 27.9 Å². The van der Waals surface area contributed by atoms with E-state index in [4.69, 9.17) is 11.6 Å². The first-order valence-electron chi connectivity index (χ1n) is 9.48. The summed E-state index contributed by atoms with van der Waals surface area (Å²) in [5, 5.41) is 6.92. The molecule has 0 saturated heterocycles. The lowest BCUT2D eigenvalue weighted by atomic mass is 9.97. The van der Waals surface area contributed by atoms with Crippen LogP contribution in [0.2, 0.25) is 5.02 Å². The predicted octanol–water partition coefficient (Wildman–Crippen LogP) is 6.03. The van der Waals surface area contributed by atoms with Gasteiger partial charge in [0.05, 0.1) is 10.6 Å². The van der Waals surface area contributed by atoms with E-state index in [1.807, 2.05) is 24.3 Å². The number of carbonyl (C=O) groups excluding carboxylic acids is 1. The molecule has 0 unspecified atom stereocenters. The maximum absolute atomic E-state index is 12.6. The molecule has 0 bridgehead atoms. The summed E-state index contributed by atoms with van der Waals surface area (Å²) >= 11 is 7.84. The Bertz CT molecular complexity index is 972. The third-order valence-corrected chi connectivity index (χ3v) is 6.22. The third kappa shape index (κ3) is 4.28. The van der Waals surface area contributed by atoms with Gasteiger partial charge in [-0.1, -0.05) is 29.3 Å². The fourth-order valence-electron chi connectivity index (χ4n) is 3.73. The summed E-state index contributed by atoms with van der Waals surface area (Å²) in [6, 6.07) is 12.1. The lowest BCUT2D eigenvalue weighted by Gasteiger charge is -2.14. The van der Waals surface area contributed by atoms with Crippen LogP contribution in [0.5, 0.6) is 0 Å². The molecule has 5 heteroatoms. The summed E-state index contributed by atoms with van der Waals surface area (Å²) in [7, 11) is 0. The summed E-state index contributed by atoms with van der Waals surface area (Å²) < 4.78 is 2.09. The molecule has 3 nitrogen and oxygen atoms in total. The van der Waals surface area contributed by atoms with Crippen LogP contribution in [0.15, 0.2) is 53.4 Å². The predicted molar refractivity (Wildman–Crippen MR) is 114 cm³/mol. The van der Waals surface area contributed by atoms with Crippen molar-refractivity contribution in [3.63, 3.8) is 0 Å². The van der Waals surface area contributed by atoms with Gasteiger partial charge in [-0.15, -0.1) is 11.3 Å². The highest BCUT2D eigenvalue weighted by Crippen LogP contribution is 2.32. The molecule has 0 atom stereocenters. The zero-order valence-corrected chi connectivity index (χ0v) is 16.8. The first-order chi connectivity index (χ1) is 13.2. The SMILES string of the molecule is O=C(Cn1c(-c2cccs2)cc2cc(Cl)ccc21)NCCC1=CCCCC1. The standard InChI is InChI=1S/C22H23ClN2OS/c23-18-8-9-19-17(13-18)14-20(21-7-4-12-27-21)25(19)15-22(26)24-11-10-16-5-2-1-3-6-16/h4-5,7-9,12-14H,1-3,6,10-11,15H2,(H,24,26). The molecule has 1 aliphatic carbocycles. The molecule has 1 amide bonds. The Balaban J connectivity index is 1.51. The van der Waals surface area contributed by atoms with Crippen LogP contribution >= 0.6 is 22.9 Å². The molecule has 0 aliphatic heterocycles. The van der Waals surface area contributed by atoms with Crippen LogP contribution < -0.4 is 5.32 Å². The summed E-state index contributed by atoms with van der Waals surface area (Å²) in [5.74, 6) is 0.0525. The van der Waals surface area contributed by atoms with Gasteiger partial charge in [0.1, 0.15) is 6.54 Å². The van der Waals surface area contributed by atoms with Crippen LogP contribution in [-0.2, 0) is 11.3 Å². The number of benzene rings is 1. The number of nitrogens with one attached hydrogen (secondary N) is 1. The Labute approximate surface area is 168 Å². The first-order valence-corrected chi connectivity index (χ1v) is 10.7. The normalized spacial score (nSPS) is 14.3. The minimum absolute atomic E-state index is 0.0525. The Morgan fingerprint density at radius 1 is 1.22 bits per heavy atom. The molecule has 1 aliphatic rings. The number of rotatable bonds is 6. The number of halogens is 1. The fraction of sp³-hybridized carbons (Fsp3) is 0.318. The number of thiophene rings is 1. The minimum Gasteiger partial charge on any atom is -0.354 e. The molecule has 0 radical (unpaired) electrons. The largest absolute Gasteiger partial charge is 0.354 e. The molecular weight excluding hydrogens is 376 g/mol. The third-order valence-electron chi connectivity index (χ3n) is 5.09. The number of hydrogen-bond acceptors (Lipinski definition) is 2. The highest BCUT2D eigenvalue weighted by molar-refractivity contribution is 7.13. The molecule has 0 saturated carbocycles. The maximum atomic E-state index is 12.6. The summed E-state index contributed by atoms with van der Waals surface area (Å²) in [4.78, 5) is 13.8. The van der Waals surface area contributed by atoms with Gasteiger partial charge in [-0.2, -0.15) is 0 Å². The zero-order valence-electron chi connectivity index (χ0n) is 15.2. The lowest BCUT2D eigenvalue weighted by Crippen LogP contribution is -2.28. The van der Waals surface area contributed by atoms with E-state index in [1.54, 1.807) is 11.3 Å². The van der Waals surface area contributed by atoms with Gasteiger partial charge in [-0.25, -0.2) is 0 Å². The van der Waals surface area contributed by atoms with Crippen LogP contribution in [0.3, 0.4) is 0 Å². The van der Waals surface area contributed by atoms with Crippen molar-refractivity contribution in [1.29, 1.82) is 0 Å². The molecule has 0 fully saturated rings. The number of fused-ring (bicyclic) bond motifs is 1. The van der Waals surface area contributed by atoms with Gasteiger partial charge in [0.25, 0.3) is 0 Å². The van der Waals surface area contributed by atoms with Crippen LogP contribution in [-0.4, -0.2) is 17.0 Å². The second-order valence-corrected chi connectivity index (χ2v) is 8.39. The molecule has 4 rings (SSSR count). The Kier molecular flexibility index (Phi) is 5.65. The van der Waals surface area contributed by atoms with E-state index in [9.17, 15) is 4.79 Å². The second kappa shape index (κ2) is 8.32. The van der Waals surface area contributed by atoms with Gasteiger partial charge in [-0.05, 0) is 67.8 Å². The average Bonchev–Trinajstić information content (AvgIpc) is 3.30. The van der Waals surface area contributed by atoms with Crippen molar-refractivity contribution in [2.24, 2.45) is 0 Å². The molecule has 3 aromatic rings. The van der Waals surface area contributed by atoms with Crippen molar-refractivity contribution < 1.29 is 4.79 Å². The molecule has 1 N–H and O–H groups in total. The van der Waals surface area contributed by atoms with Crippen molar-refractivity contribution in [3.05, 3.63) is 58.5 Å². The highest BCUT2D eigenvalue weighted by atomic mass is 35.5. The van der Waals surface area contributed by atoms with E-state index < -0.39 is 0 Å². The number of nitrogens with zero attached hydrogens (tertiary/aromatic N) is 1. The van der Waals surface area contributed by atoms with E-state index in [0.29, 0.717) is 18.1 Å². The van der Waals surface area contributed by atoms with Crippen molar-refractivity contribution in [1.82, 2.24) is 9.88 Å². The Hall–Kier alpha value is -2.04. The molecule has 0 spiro atoms. The molecule has 140 valence electrons. The van der Waals surface area contributed by atoms with Gasteiger partial charge in [0, 0.05) is 22.5 Å². The van der Waals surface area contributed by atoms with Crippen molar-refractivity contribution >= 4 is 39.7 Å². The number of carbonyl (C=O) groups is 1. The summed E-state index contributed by atoms with van der Waals surface area (Å²) in [5.41, 5.74) is 3.59. The summed E-state index contributed by atoms with van der Waals surface area (Å²) in [6.45, 7) is 1.03. The van der Waals surface area contributed by atoms with Gasteiger partial charge >= 0.3 is 0 Å². The molecule has 27 heavy (non-hydrogen) atoms. The van der Waals surface area contributed by atoms with Crippen LogP contribution in [0, 0.1) is 0 Å². The Morgan fingerprint density at radius 3 is 2.93 bits per heavy atom. The molecule has 2 aromatic heterocycles. The first kappa shape index (κ1) is 18.3. The zero-order chi connectivity index (χ0) is 18.6. The van der Waals surface area contributed by atoms with E-state index in [2.05, 4.69) is 33.5 Å². The molecule has 2 heterocycles. The van der Waals surface area contributed by atoms with E-state index in [1.165, 1.54) is 31.3 Å². The van der Waals surface area contributed by atoms with E-state index in [-0.39, 0.29) is 5.91 Å². The summed E-state index contributed by atoms with van der Waals surface area (Å²) in [6.07, 6.45) is 8.25. The second-order valence-electron chi connectivity index (χ2n) is 7.00. The van der Waals surface area contributed by atoms with Gasteiger partial charge in [-0.3, -0.25) is 4.79 Å². The van der Waals surface area contributed by atoms with Crippen molar-refractivity contribution in [2.75, 3.05) is 6.54 Å². The monoisotopic (exact) mass is 398 g/mol. The average molecular weight is 399 g/mol. The van der Waals surface area contributed by atoms with Crippen molar-refractivity contribution in [2.45, 2.75) is 38.6 Å². The van der Waals surface area contributed by atoms with Crippen LogP contribution in [0.1, 0.15) is 32.1 Å². The number of hydrogen-bond donors (Lipinski definition) is 1. The number of aromatic nitrogens is 1. The Morgan fingerprint density at radius 2 is 2.15 bits per heavy atom. The number of amides is 1. The van der Waals surface area contributed by atoms with Crippen molar-refractivity contribution in [3.8, 4) is 10.6 Å². The van der Waals surface area contributed by atoms with Crippen LogP contribution in [0.25, 0.3) is 21.5 Å². The van der Waals surface area contributed by atoms with Gasteiger partial charge in [0.15, 0.2) is 0 Å². The molecule has 1 aromatic carbocycles. The quantitative estimate of drug-likeness (QED) is 0.505. The lowest BCUT2D eigenvalue weighted by molar-refractivity contribution is -0.121. The van der Waals surface area contributed by atoms with Gasteiger partial charge < -0.3 is 9.88 Å². The smallest absolute Gasteiger partial charge is 0.239 e. The minimum atomic E-state index is 0.0525. The maximum Gasteiger partial charge on any atom is 0.239 e. The topological polar surface area (TPSA) is 34.0 Å². The van der Waals surface area contributed by atoms with Gasteiger partial charge in [0.2, 0.25) is 5.91 Å². The molecular formula is C22H23ClN2OS. The fourth-order valence-corrected chi connectivity index (χ4v) is 4.67. The van der Waals surface area contributed by atoms with E-state index >= 15 is 0 Å². The highest BCUT2D eigenvalue weighted by Gasteiger charge is 2.15.